The molecule has 2 saturated heterocycles. The summed E-state index contributed by atoms with van der Waals surface area (Å²) < 4.78 is 0. The van der Waals surface area contributed by atoms with E-state index in [0.717, 1.165) is 49.7 Å². The second-order valence-electron chi connectivity index (χ2n) is 8.63. The first-order valence-corrected chi connectivity index (χ1v) is 11.2. The Kier molecular flexibility index (Phi) is 6.29. The number of carbonyl (C=O) groups is 2. The maximum absolute atomic E-state index is 12.7. The number of amides is 3. The van der Waals surface area contributed by atoms with E-state index in [0.29, 0.717) is 6.54 Å². The van der Waals surface area contributed by atoms with Crippen molar-refractivity contribution in [2.45, 2.75) is 69.5 Å². The molecule has 0 spiro atoms. The molecule has 2 N–H and O–H groups in total. The molecule has 30 heavy (non-hydrogen) atoms. The number of aliphatic hydroxyl groups excluding tert-OH is 1. The fraction of sp³-hybridized carbons (Fsp3) is 0.583. The molecule has 3 atom stereocenters. The fourth-order valence-electron chi connectivity index (χ4n) is 5.07. The van der Waals surface area contributed by atoms with E-state index in [1.807, 2.05) is 24.3 Å². The summed E-state index contributed by atoms with van der Waals surface area (Å²) >= 11 is 0. The number of fused-ring (bicyclic) bond motifs is 1. The minimum atomic E-state index is -0.223. The summed E-state index contributed by atoms with van der Waals surface area (Å²) in [6, 6.07) is 7.88. The van der Waals surface area contributed by atoms with Crippen molar-refractivity contribution < 1.29 is 14.7 Å². The van der Waals surface area contributed by atoms with Gasteiger partial charge in [-0.3, -0.25) is 4.79 Å². The van der Waals surface area contributed by atoms with Gasteiger partial charge in [-0.05, 0) is 37.0 Å². The zero-order valence-corrected chi connectivity index (χ0v) is 17.6. The average molecular weight is 410 g/mol. The molecule has 3 fully saturated rings. The van der Waals surface area contributed by atoms with Crippen LogP contribution in [0.4, 0.5) is 4.79 Å². The van der Waals surface area contributed by atoms with E-state index in [4.69, 9.17) is 0 Å². The molecule has 0 unspecified atom stereocenters. The second-order valence-corrected chi connectivity index (χ2v) is 8.63. The summed E-state index contributed by atoms with van der Waals surface area (Å²) in [4.78, 5) is 28.9. The normalized spacial score (nSPS) is 25.9. The predicted molar refractivity (Wildman–Crippen MR) is 115 cm³/mol. The van der Waals surface area contributed by atoms with Gasteiger partial charge in [-0.2, -0.15) is 0 Å². The lowest BCUT2D eigenvalue weighted by Gasteiger charge is -2.58. The number of carbonyl (C=O) groups excluding carboxylic acids is 2. The van der Waals surface area contributed by atoms with Gasteiger partial charge >= 0.3 is 6.03 Å². The number of urea groups is 1. The quantitative estimate of drug-likeness (QED) is 0.751. The van der Waals surface area contributed by atoms with Crippen LogP contribution < -0.4 is 5.32 Å². The van der Waals surface area contributed by atoms with Crippen molar-refractivity contribution in [3.8, 4) is 11.8 Å². The van der Waals surface area contributed by atoms with Crippen LogP contribution >= 0.6 is 0 Å². The molecule has 2 heterocycles. The number of unbranched alkanes of at least 4 members (excludes halogenated alkanes) is 1. The van der Waals surface area contributed by atoms with Gasteiger partial charge < -0.3 is 20.2 Å². The smallest absolute Gasteiger partial charge is 0.318 e. The molecule has 3 amide bonds. The SMILES string of the molecule is CCCC#Cc1ccc([C@@H]2[C@@H](CO)N3C(=O)CN(C(=O)NC4CCCC4)C[C@H]23)cc1. The first-order chi connectivity index (χ1) is 14.6. The van der Waals surface area contributed by atoms with E-state index in [1.54, 1.807) is 9.80 Å². The van der Waals surface area contributed by atoms with Crippen molar-refractivity contribution in [2.75, 3.05) is 19.7 Å². The zero-order chi connectivity index (χ0) is 21.1. The number of nitrogens with zero attached hydrogens (tertiary/aromatic N) is 2. The van der Waals surface area contributed by atoms with Gasteiger partial charge in [-0.15, -0.1) is 0 Å². The van der Waals surface area contributed by atoms with Gasteiger partial charge in [0.15, 0.2) is 0 Å². The highest BCUT2D eigenvalue weighted by atomic mass is 16.3. The largest absolute Gasteiger partial charge is 0.394 e. The van der Waals surface area contributed by atoms with Crippen LogP contribution in [0.1, 0.15) is 62.5 Å². The topological polar surface area (TPSA) is 72.9 Å². The number of benzene rings is 1. The van der Waals surface area contributed by atoms with Crippen LogP contribution in [-0.4, -0.2) is 64.7 Å². The van der Waals surface area contributed by atoms with Gasteiger partial charge in [0.05, 0.1) is 18.7 Å². The Morgan fingerprint density at radius 2 is 1.97 bits per heavy atom. The highest BCUT2D eigenvalue weighted by molar-refractivity contribution is 5.87. The first kappa shape index (κ1) is 20.7. The van der Waals surface area contributed by atoms with Gasteiger partial charge in [-0.25, -0.2) is 4.79 Å². The number of aliphatic hydroxyl groups is 1. The Bertz CT molecular complexity index is 835. The zero-order valence-electron chi connectivity index (χ0n) is 17.6. The molecule has 160 valence electrons. The number of nitrogens with one attached hydrogen (secondary N) is 1. The molecule has 1 aliphatic carbocycles. The van der Waals surface area contributed by atoms with Crippen LogP contribution in [0.3, 0.4) is 0 Å². The van der Waals surface area contributed by atoms with Crippen molar-refractivity contribution in [1.82, 2.24) is 15.1 Å². The summed E-state index contributed by atoms with van der Waals surface area (Å²) in [5, 5.41) is 13.0. The van der Waals surface area contributed by atoms with Crippen molar-refractivity contribution in [2.24, 2.45) is 0 Å². The van der Waals surface area contributed by atoms with E-state index in [1.165, 1.54) is 0 Å². The molecule has 2 aliphatic heterocycles. The summed E-state index contributed by atoms with van der Waals surface area (Å²) in [6.07, 6.45) is 6.27. The Morgan fingerprint density at radius 3 is 2.63 bits per heavy atom. The molecular formula is C24H31N3O3. The molecule has 1 aromatic rings. The minimum absolute atomic E-state index is 0.0266. The lowest BCUT2D eigenvalue weighted by molar-refractivity contribution is -0.159. The maximum Gasteiger partial charge on any atom is 0.318 e. The molecule has 3 aliphatic rings. The van der Waals surface area contributed by atoms with Crippen molar-refractivity contribution >= 4 is 11.9 Å². The predicted octanol–water partition coefficient (Wildman–Crippen LogP) is 2.46. The highest BCUT2D eigenvalue weighted by Gasteiger charge is 2.54. The first-order valence-electron chi connectivity index (χ1n) is 11.2. The molecule has 6 nitrogen and oxygen atoms in total. The second kappa shape index (κ2) is 9.09. The van der Waals surface area contributed by atoms with Gasteiger partial charge in [0, 0.05) is 30.5 Å². The lowest BCUT2D eigenvalue weighted by Crippen LogP contribution is -2.74. The van der Waals surface area contributed by atoms with E-state index < -0.39 is 0 Å². The maximum atomic E-state index is 12.7. The molecule has 0 aromatic heterocycles. The summed E-state index contributed by atoms with van der Waals surface area (Å²) in [7, 11) is 0. The molecule has 4 rings (SSSR count). The van der Waals surface area contributed by atoms with E-state index in [9.17, 15) is 14.7 Å². The molecule has 0 radical (unpaired) electrons. The molecule has 1 saturated carbocycles. The van der Waals surface area contributed by atoms with Gasteiger partial charge in [-0.1, -0.05) is 43.7 Å². The standard InChI is InChI=1S/C24H31N3O3/c1-2-3-4-7-17-10-12-18(13-11-17)23-20-14-26(15-22(29)27(20)21(23)16-28)24(30)25-19-8-5-6-9-19/h10-13,19-21,23,28H,2-3,5-6,8-9,14-16H2,1H3,(H,25,30)/t20-,21-,23+/m1/s1. The highest BCUT2D eigenvalue weighted by Crippen LogP contribution is 2.42. The number of hydrogen-bond donors (Lipinski definition) is 2. The van der Waals surface area contributed by atoms with Crippen LogP contribution in [0.15, 0.2) is 24.3 Å². The molecule has 1 aromatic carbocycles. The third-order valence-corrected chi connectivity index (χ3v) is 6.63. The van der Waals surface area contributed by atoms with Gasteiger partial charge in [0.2, 0.25) is 5.91 Å². The van der Waals surface area contributed by atoms with Gasteiger partial charge in [0.25, 0.3) is 0 Å². The van der Waals surface area contributed by atoms with Crippen molar-refractivity contribution in [3.63, 3.8) is 0 Å². The van der Waals surface area contributed by atoms with Crippen LogP contribution in [0.25, 0.3) is 0 Å². The Balaban J connectivity index is 1.46. The summed E-state index contributed by atoms with van der Waals surface area (Å²) in [5.74, 6) is 6.27. The fourth-order valence-corrected chi connectivity index (χ4v) is 5.07. The van der Waals surface area contributed by atoms with Crippen LogP contribution in [-0.2, 0) is 4.79 Å². The van der Waals surface area contributed by atoms with Gasteiger partial charge in [0.1, 0.15) is 6.54 Å². The van der Waals surface area contributed by atoms with Crippen LogP contribution in [0.2, 0.25) is 0 Å². The van der Waals surface area contributed by atoms with E-state index >= 15 is 0 Å². The van der Waals surface area contributed by atoms with E-state index in [2.05, 4.69) is 24.1 Å². The summed E-state index contributed by atoms with van der Waals surface area (Å²) in [5.41, 5.74) is 2.06. The molecular weight excluding hydrogens is 378 g/mol. The Labute approximate surface area is 178 Å². The van der Waals surface area contributed by atoms with E-state index in [-0.39, 0.29) is 49.1 Å². The van der Waals surface area contributed by atoms with Crippen molar-refractivity contribution in [3.05, 3.63) is 35.4 Å². The molecule has 6 heteroatoms. The summed E-state index contributed by atoms with van der Waals surface area (Å²) in [6.45, 7) is 2.63. The number of piperazine rings is 1. The number of hydrogen-bond acceptors (Lipinski definition) is 3. The third kappa shape index (κ3) is 4.04. The van der Waals surface area contributed by atoms with Crippen LogP contribution in [0.5, 0.6) is 0 Å². The Morgan fingerprint density at radius 1 is 1.23 bits per heavy atom. The molecule has 0 bridgehead atoms. The monoisotopic (exact) mass is 409 g/mol. The van der Waals surface area contributed by atoms with Crippen molar-refractivity contribution in [1.29, 1.82) is 0 Å². The number of rotatable bonds is 4. The van der Waals surface area contributed by atoms with Crippen LogP contribution in [0, 0.1) is 11.8 Å². The minimum Gasteiger partial charge on any atom is -0.394 e. The lowest BCUT2D eigenvalue weighted by atomic mass is 9.73. The third-order valence-electron chi connectivity index (χ3n) is 6.63. The average Bonchev–Trinajstić information content (AvgIpc) is 3.24. The Hall–Kier alpha value is -2.52.